The van der Waals surface area contributed by atoms with Gasteiger partial charge in [0.15, 0.2) is 0 Å². The maximum absolute atomic E-state index is 4.42. The van der Waals surface area contributed by atoms with E-state index in [0.29, 0.717) is 0 Å². The van der Waals surface area contributed by atoms with E-state index in [1.807, 2.05) is 6.92 Å². The molecule has 0 atom stereocenters. The second-order valence-electron chi connectivity index (χ2n) is 3.75. The summed E-state index contributed by atoms with van der Waals surface area (Å²) in [4.78, 5) is 4.42. The van der Waals surface area contributed by atoms with Gasteiger partial charge >= 0.3 is 0 Å². The summed E-state index contributed by atoms with van der Waals surface area (Å²) in [5.74, 6) is 0. The third-order valence-electron chi connectivity index (χ3n) is 2.54. The van der Waals surface area contributed by atoms with E-state index in [1.54, 1.807) is 11.3 Å². The van der Waals surface area contributed by atoms with Gasteiger partial charge in [-0.1, -0.05) is 0 Å². The zero-order valence-electron chi connectivity index (χ0n) is 9.73. The maximum atomic E-state index is 4.42. The molecule has 1 N–H and O–H groups in total. The lowest BCUT2D eigenvalue weighted by molar-refractivity contribution is 0.623. The largest absolute Gasteiger partial charge is 0.351 e. The first kappa shape index (κ1) is 11.4. The molecule has 0 unspecified atom stereocenters. The first-order chi connectivity index (χ1) is 7.79. The van der Waals surface area contributed by atoms with Crippen LogP contribution in [0.2, 0.25) is 0 Å². The van der Waals surface area contributed by atoms with Gasteiger partial charge in [-0.2, -0.15) is 0 Å². The highest BCUT2D eigenvalue weighted by Crippen LogP contribution is 2.08. The Morgan fingerprint density at radius 2 is 2.31 bits per heavy atom. The van der Waals surface area contributed by atoms with E-state index in [1.165, 1.54) is 5.69 Å². The molecule has 2 aromatic rings. The fraction of sp³-hybridized carbons (Fsp3) is 0.417. The average Bonchev–Trinajstić information content (AvgIpc) is 2.87. The van der Waals surface area contributed by atoms with Gasteiger partial charge in [-0.25, -0.2) is 4.98 Å². The zero-order chi connectivity index (χ0) is 11.4. The van der Waals surface area contributed by atoms with Gasteiger partial charge in [-0.3, -0.25) is 0 Å². The molecule has 0 aliphatic carbocycles. The minimum atomic E-state index is 0.846. The highest BCUT2D eigenvalue weighted by Gasteiger charge is 2.00. The van der Waals surface area contributed by atoms with E-state index in [9.17, 15) is 0 Å². The number of hydrogen-bond donors (Lipinski definition) is 1. The molecule has 4 heteroatoms. The first-order valence-electron chi connectivity index (χ1n) is 5.55. The SMILES string of the molecule is CCn1cccc1CNCc1csc(C)n1. The molecule has 0 amide bonds. The predicted octanol–water partition coefficient (Wildman–Crippen LogP) is 2.56. The fourth-order valence-electron chi connectivity index (χ4n) is 1.73. The Kier molecular flexibility index (Phi) is 3.74. The van der Waals surface area contributed by atoms with Crippen molar-refractivity contribution in [2.45, 2.75) is 33.5 Å². The van der Waals surface area contributed by atoms with Crippen LogP contribution in [0.15, 0.2) is 23.7 Å². The topological polar surface area (TPSA) is 29.9 Å². The van der Waals surface area contributed by atoms with Crippen LogP contribution in [0.5, 0.6) is 0 Å². The molecular weight excluding hydrogens is 218 g/mol. The minimum absolute atomic E-state index is 0.846. The molecule has 2 rings (SSSR count). The zero-order valence-corrected chi connectivity index (χ0v) is 10.5. The molecule has 0 bridgehead atoms. The highest BCUT2D eigenvalue weighted by atomic mass is 32.1. The Morgan fingerprint density at radius 3 is 3.00 bits per heavy atom. The first-order valence-corrected chi connectivity index (χ1v) is 6.43. The van der Waals surface area contributed by atoms with E-state index < -0.39 is 0 Å². The quantitative estimate of drug-likeness (QED) is 0.863. The number of nitrogens with one attached hydrogen (secondary N) is 1. The standard InChI is InChI=1S/C12H17N3S/c1-3-15-6-4-5-12(15)8-13-7-11-9-16-10(2)14-11/h4-6,9,13H,3,7-8H2,1-2H3. The van der Waals surface area contributed by atoms with Gasteiger partial charge in [-0.15, -0.1) is 11.3 Å². The van der Waals surface area contributed by atoms with Gasteiger partial charge in [0.05, 0.1) is 10.7 Å². The number of hydrogen-bond acceptors (Lipinski definition) is 3. The molecule has 2 aromatic heterocycles. The van der Waals surface area contributed by atoms with Crippen LogP contribution in [0.4, 0.5) is 0 Å². The van der Waals surface area contributed by atoms with Gasteiger partial charge in [0.25, 0.3) is 0 Å². The minimum Gasteiger partial charge on any atom is -0.351 e. The molecular formula is C12H17N3S. The van der Waals surface area contributed by atoms with Crippen molar-refractivity contribution in [3.63, 3.8) is 0 Å². The Balaban J connectivity index is 1.84. The van der Waals surface area contributed by atoms with Crippen LogP contribution in [0.25, 0.3) is 0 Å². The number of nitrogens with zero attached hydrogens (tertiary/aromatic N) is 2. The molecule has 3 nitrogen and oxygen atoms in total. The van der Waals surface area contributed by atoms with Crippen molar-refractivity contribution in [3.8, 4) is 0 Å². The van der Waals surface area contributed by atoms with Crippen molar-refractivity contribution in [1.82, 2.24) is 14.9 Å². The monoisotopic (exact) mass is 235 g/mol. The van der Waals surface area contributed by atoms with Crippen molar-refractivity contribution in [2.24, 2.45) is 0 Å². The lowest BCUT2D eigenvalue weighted by Crippen LogP contribution is -2.15. The van der Waals surface area contributed by atoms with Gasteiger partial charge in [-0.05, 0) is 26.0 Å². The van der Waals surface area contributed by atoms with Gasteiger partial charge in [0.1, 0.15) is 0 Å². The Labute approximate surface area is 100 Å². The van der Waals surface area contributed by atoms with Crippen LogP contribution in [0, 0.1) is 6.92 Å². The average molecular weight is 235 g/mol. The molecule has 0 fully saturated rings. The molecule has 16 heavy (non-hydrogen) atoms. The molecule has 2 heterocycles. The third kappa shape index (κ3) is 2.71. The highest BCUT2D eigenvalue weighted by molar-refractivity contribution is 7.09. The smallest absolute Gasteiger partial charge is 0.0897 e. The molecule has 0 saturated heterocycles. The number of aryl methyl sites for hydroxylation is 2. The molecule has 86 valence electrons. The van der Waals surface area contributed by atoms with Crippen LogP contribution in [0.3, 0.4) is 0 Å². The maximum Gasteiger partial charge on any atom is 0.0897 e. The van der Waals surface area contributed by atoms with Crippen LogP contribution in [-0.4, -0.2) is 9.55 Å². The molecule has 0 aliphatic rings. The molecule has 0 radical (unpaired) electrons. The summed E-state index contributed by atoms with van der Waals surface area (Å²) in [5.41, 5.74) is 2.46. The summed E-state index contributed by atoms with van der Waals surface area (Å²) in [6, 6.07) is 4.25. The van der Waals surface area contributed by atoms with Crippen molar-refractivity contribution in [2.75, 3.05) is 0 Å². The number of rotatable bonds is 5. The van der Waals surface area contributed by atoms with Crippen molar-refractivity contribution in [3.05, 3.63) is 40.1 Å². The normalized spacial score (nSPS) is 10.9. The third-order valence-corrected chi connectivity index (χ3v) is 3.37. The molecule has 0 saturated carbocycles. The van der Waals surface area contributed by atoms with Gasteiger partial charge in [0.2, 0.25) is 0 Å². The van der Waals surface area contributed by atoms with Crippen molar-refractivity contribution in [1.29, 1.82) is 0 Å². The summed E-state index contributed by atoms with van der Waals surface area (Å²) in [6.45, 7) is 6.97. The van der Waals surface area contributed by atoms with E-state index in [2.05, 4.69) is 45.5 Å². The predicted molar refractivity (Wildman–Crippen MR) is 67.5 cm³/mol. The molecule has 0 spiro atoms. The lowest BCUT2D eigenvalue weighted by Gasteiger charge is -2.06. The summed E-state index contributed by atoms with van der Waals surface area (Å²) in [6.07, 6.45) is 2.12. The van der Waals surface area contributed by atoms with Crippen LogP contribution < -0.4 is 5.32 Å². The van der Waals surface area contributed by atoms with E-state index in [4.69, 9.17) is 0 Å². The van der Waals surface area contributed by atoms with E-state index in [-0.39, 0.29) is 0 Å². The molecule has 0 aliphatic heterocycles. The number of thiazole rings is 1. The fourth-order valence-corrected chi connectivity index (χ4v) is 2.34. The Morgan fingerprint density at radius 1 is 1.44 bits per heavy atom. The molecule has 0 aromatic carbocycles. The van der Waals surface area contributed by atoms with E-state index >= 15 is 0 Å². The van der Waals surface area contributed by atoms with Crippen molar-refractivity contribution >= 4 is 11.3 Å². The number of aromatic nitrogens is 2. The van der Waals surface area contributed by atoms with Gasteiger partial charge in [0, 0.05) is 36.9 Å². The van der Waals surface area contributed by atoms with Gasteiger partial charge < -0.3 is 9.88 Å². The van der Waals surface area contributed by atoms with Crippen LogP contribution >= 0.6 is 11.3 Å². The second kappa shape index (κ2) is 5.27. The second-order valence-corrected chi connectivity index (χ2v) is 4.81. The Bertz CT molecular complexity index is 445. The summed E-state index contributed by atoms with van der Waals surface area (Å²) >= 11 is 1.70. The van der Waals surface area contributed by atoms with Crippen molar-refractivity contribution < 1.29 is 0 Å². The Hall–Kier alpha value is -1.13. The lowest BCUT2D eigenvalue weighted by atomic mass is 10.4. The van der Waals surface area contributed by atoms with Crippen LogP contribution in [0.1, 0.15) is 23.3 Å². The van der Waals surface area contributed by atoms with E-state index in [0.717, 1.165) is 30.3 Å². The van der Waals surface area contributed by atoms with Crippen LogP contribution in [-0.2, 0) is 19.6 Å². The summed E-state index contributed by atoms with van der Waals surface area (Å²) in [7, 11) is 0. The summed E-state index contributed by atoms with van der Waals surface area (Å²) < 4.78 is 2.25. The summed E-state index contributed by atoms with van der Waals surface area (Å²) in [5, 5.41) is 6.66.